The van der Waals surface area contributed by atoms with Crippen molar-refractivity contribution in [1.29, 1.82) is 0 Å². The third-order valence-electron chi connectivity index (χ3n) is 1.40. The molecule has 1 aromatic carbocycles. The van der Waals surface area contributed by atoms with Crippen LogP contribution in [0, 0.1) is 0 Å². The first-order valence-corrected chi connectivity index (χ1v) is 3.71. The number of rotatable bonds is 3. The summed E-state index contributed by atoms with van der Waals surface area (Å²) >= 11 is 0. The van der Waals surface area contributed by atoms with Gasteiger partial charge in [0.05, 0.1) is 0 Å². The molecular weight excluding hydrogens is 152 g/mol. The molecule has 0 radical (unpaired) electrons. The van der Waals surface area contributed by atoms with Crippen molar-refractivity contribution in [1.82, 2.24) is 5.01 Å². The van der Waals surface area contributed by atoms with E-state index in [-0.39, 0.29) is 0 Å². The number of carbonyl (C=O) groups excluding carboxylic acids is 1. The average molecular weight is 164 g/mol. The molecule has 0 aliphatic heterocycles. The lowest BCUT2D eigenvalue weighted by molar-refractivity contribution is 0.112. The van der Waals surface area contributed by atoms with Gasteiger partial charge in [0.15, 0.2) is 0 Å². The number of nitrogens with one attached hydrogen (secondary N) is 1. The molecule has 1 rings (SSSR count). The van der Waals surface area contributed by atoms with Gasteiger partial charge in [-0.25, -0.2) is 5.01 Å². The lowest BCUT2D eigenvalue weighted by Crippen LogP contribution is -2.19. The van der Waals surface area contributed by atoms with Gasteiger partial charge in [-0.2, -0.15) is 0 Å². The summed E-state index contributed by atoms with van der Waals surface area (Å²) < 4.78 is 0. The molecule has 12 heavy (non-hydrogen) atoms. The van der Waals surface area contributed by atoms with Gasteiger partial charge in [0, 0.05) is 25.3 Å². The van der Waals surface area contributed by atoms with Crippen LogP contribution in [0.3, 0.4) is 0 Å². The number of nitrogens with zero attached hydrogens (tertiary/aromatic N) is 1. The smallest absolute Gasteiger partial charge is 0.150 e. The SMILES string of the molecule is CN(C)Nc1ccc(C=O)cc1. The van der Waals surface area contributed by atoms with E-state index in [0.29, 0.717) is 5.56 Å². The van der Waals surface area contributed by atoms with Crippen LogP contribution < -0.4 is 5.43 Å². The Bertz CT molecular complexity index is 254. The molecule has 0 heterocycles. The zero-order chi connectivity index (χ0) is 8.97. The van der Waals surface area contributed by atoms with Gasteiger partial charge in [0.25, 0.3) is 0 Å². The zero-order valence-electron chi connectivity index (χ0n) is 7.24. The lowest BCUT2D eigenvalue weighted by Gasteiger charge is -2.12. The molecule has 0 atom stereocenters. The first-order chi connectivity index (χ1) is 5.72. The van der Waals surface area contributed by atoms with E-state index in [2.05, 4.69) is 5.43 Å². The quantitative estimate of drug-likeness (QED) is 0.541. The highest BCUT2D eigenvalue weighted by atomic mass is 16.1. The molecule has 0 bridgehead atoms. The molecule has 0 aliphatic carbocycles. The largest absolute Gasteiger partial charge is 0.319 e. The summed E-state index contributed by atoms with van der Waals surface area (Å²) in [5, 5.41) is 1.84. The minimum Gasteiger partial charge on any atom is -0.319 e. The maximum Gasteiger partial charge on any atom is 0.150 e. The van der Waals surface area contributed by atoms with E-state index in [1.165, 1.54) is 0 Å². The van der Waals surface area contributed by atoms with Crippen LogP contribution in [0.4, 0.5) is 5.69 Å². The Hall–Kier alpha value is -1.35. The molecule has 0 amide bonds. The maximum absolute atomic E-state index is 10.3. The van der Waals surface area contributed by atoms with E-state index in [1.807, 2.05) is 31.2 Å². The number of carbonyl (C=O) groups is 1. The Kier molecular flexibility index (Phi) is 2.82. The topological polar surface area (TPSA) is 32.3 Å². The third-order valence-corrected chi connectivity index (χ3v) is 1.40. The fraction of sp³-hybridized carbons (Fsp3) is 0.222. The van der Waals surface area contributed by atoms with Crippen molar-refractivity contribution in [2.24, 2.45) is 0 Å². The van der Waals surface area contributed by atoms with Crippen molar-refractivity contribution in [3.8, 4) is 0 Å². The average Bonchev–Trinajstić information content (AvgIpc) is 2.05. The van der Waals surface area contributed by atoms with Gasteiger partial charge in [-0.3, -0.25) is 4.79 Å². The first kappa shape index (κ1) is 8.74. The van der Waals surface area contributed by atoms with Crippen molar-refractivity contribution < 1.29 is 4.79 Å². The van der Waals surface area contributed by atoms with Crippen molar-refractivity contribution in [3.63, 3.8) is 0 Å². The summed E-state index contributed by atoms with van der Waals surface area (Å²) in [6.07, 6.45) is 0.833. The molecule has 0 fully saturated rings. The molecule has 64 valence electrons. The van der Waals surface area contributed by atoms with Gasteiger partial charge in [0.2, 0.25) is 0 Å². The van der Waals surface area contributed by atoms with Gasteiger partial charge in [-0.05, 0) is 24.3 Å². The minimum absolute atomic E-state index is 0.694. The fourth-order valence-corrected chi connectivity index (χ4v) is 0.894. The Balaban J connectivity index is 2.71. The molecule has 0 saturated carbocycles. The molecule has 1 aromatic rings. The maximum atomic E-state index is 10.3. The lowest BCUT2D eigenvalue weighted by atomic mass is 10.2. The summed E-state index contributed by atoms with van der Waals surface area (Å²) in [5.41, 5.74) is 4.74. The summed E-state index contributed by atoms with van der Waals surface area (Å²) in [6.45, 7) is 0. The van der Waals surface area contributed by atoms with Crippen molar-refractivity contribution in [3.05, 3.63) is 29.8 Å². The molecule has 0 saturated heterocycles. The second kappa shape index (κ2) is 3.88. The second-order valence-electron chi connectivity index (χ2n) is 2.75. The van der Waals surface area contributed by atoms with E-state index < -0.39 is 0 Å². The van der Waals surface area contributed by atoms with E-state index >= 15 is 0 Å². The Morgan fingerprint density at radius 1 is 1.25 bits per heavy atom. The number of benzene rings is 1. The first-order valence-electron chi connectivity index (χ1n) is 3.71. The van der Waals surface area contributed by atoms with Crippen molar-refractivity contribution in [2.75, 3.05) is 19.5 Å². The molecule has 0 aliphatic rings. The Morgan fingerprint density at radius 3 is 2.25 bits per heavy atom. The fourth-order valence-electron chi connectivity index (χ4n) is 0.894. The summed E-state index contributed by atoms with van der Waals surface area (Å²) in [4.78, 5) is 10.3. The van der Waals surface area contributed by atoms with E-state index in [4.69, 9.17) is 0 Å². The van der Waals surface area contributed by atoms with Gasteiger partial charge >= 0.3 is 0 Å². The molecule has 0 spiro atoms. The van der Waals surface area contributed by atoms with E-state index in [9.17, 15) is 4.79 Å². The summed E-state index contributed by atoms with van der Waals surface area (Å²) in [7, 11) is 3.82. The third kappa shape index (κ3) is 2.36. The molecule has 0 aromatic heterocycles. The van der Waals surface area contributed by atoms with Crippen LogP contribution in [0.15, 0.2) is 24.3 Å². The van der Waals surface area contributed by atoms with Crippen LogP contribution >= 0.6 is 0 Å². The number of anilines is 1. The molecule has 3 nitrogen and oxygen atoms in total. The van der Waals surface area contributed by atoms with Crippen LogP contribution in [-0.2, 0) is 0 Å². The minimum atomic E-state index is 0.694. The van der Waals surface area contributed by atoms with Crippen LogP contribution in [0.2, 0.25) is 0 Å². The molecule has 3 heteroatoms. The standard InChI is InChI=1S/C9H12N2O/c1-11(2)10-9-5-3-8(7-12)4-6-9/h3-7,10H,1-2H3. The summed E-state index contributed by atoms with van der Waals surface area (Å²) in [5.74, 6) is 0. The Morgan fingerprint density at radius 2 is 1.83 bits per heavy atom. The molecular formula is C9H12N2O. The van der Waals surface area contributed by atoms with Crippen LogP contribution in [0.25, 0.3) is 0 Å². The highest BCUT2D eigenvalue weighted by molar-refractivity contribution is 5.75. The highest BCUT2D eigenvalue weighted by Crippen LogP contribution is 2.07. The van der Waals surface area contributed by atoms with Crippen LogP contribution in [0.5, 0.6) is 0 Å². The van der Waals surface area contributed by atoms with E-state index in [1.54, 1.807) is 12.1 Å². The number of aldehydes is 1. The number of hydrogen-bond donors (Lipinski definition) is 1. The van der Waals surface area contributed by atoms with Crippen molar-refractivity contribution >= 4 is 12.0 Å². The van der Waals surface area contributed by atoms with Gasteiger partial charge in [-0.1, -0.05) is 0 Å². The monoisotopic (exact) mass is 164 g/mol. The molecule has 0 unspecified atom stereocenters. The normalized spacial score (nSPS) is 9.92. The van der Waals surface area contributed by atoms with Crippen LogP contribution in [-0.4, -0.2) is 25.4 Å². The van der Waals surface area contributed by atoms with Gasteiger partial charge < -0.3 is 5.43 Å². The second-order valence-corrected chi connectivity index (χ2v) is 2.75. The Labute approximate surface area is 72.0 Å². The molecule has 1 N–H and O–H groups in total. The zero-order valence-corrected chi connectivity index (χ0v) is 7.24. The predicted molar refractivity (Wildman–Crippen MR) is 49.1 cm³/mol. The number of hydrogen-bond acceptors (Lipinski definition) is 3. The number of hydrazine groups is 1. The van der Waals surface area contributed by atoms with Gasteiger partial charge in [0.1, 0.15) is 6.29 Å². The van der Waals surface area contributed by atoms with Gasteiger partial charge in [-0.15, -0.1) is 0 Å². The summed E-state index contributed by atoms with van der Waals surface area (Å²) in [6, 6.07) is 7.28. The van der Waals surface area contributed by atoms with E-state index in [0.717, 1.165) is 12.0 Å². The highest BCUT2D eigenvalue weighted by Gasteiger charge is 1.92. The van der Waals surface area contributed by atoms with Crippen LogP contribution in [0.1, 0.15) is 10.4 Å². The van der Waals surface area contributed by atoms with Crippen molar-refractivity contribution in [2.45, 2.75) is 0 Å². The predicted octanol–water partition coefficient (Wildman–Crippen LogP) is 1.39.